The number of hydrogen-bond acceptors (Lipinski definition) is 4. The summed E-state index contributed by atoms with van der Waals surface area (Å²) < 4.78 is 24.7. The van der Waals surface area contributed by atoms with Gasteiger partial charge in [-0.2, -0.15) is 0 Å². The van der Waals surface area contributed by atoms with Crippen molar-refractivity contribution in [2.24, 2.45) is 5.41 Å². The summed E-state index contributed by atoms with van der Waals surface area (Å²) in [6.07, 6.45) is 3.72. The van der Waals surface area contributed by atoms with Crippen LogP contribution in [0.2, 0.25) is 0 Å². The number of nitrogens with zero attached hydrogens (tertiary/aromatic N) is 2. The van der Waals surface area contributed by atoms with Crippen LogP contribution in [0.15, 0.2) is 34.9 Å². The Kier molecular flexibility index (Phi) is 5.06. The number of ether oxygens (including phenoxy) is 1. The highest BCUT2D eigenvalue weighted by Crippen LogP contribution is 2.41. The van der Waals surface area contributed by atoms with E-state index in [0.29, 0.717) is 48.7 Å². The summed E-state index contributed by atoms with van der Waals surface area (Å²) in [4.78, 5) is 29.6. The van der Waals surface area contributed by atoms with E-state index >= 15 is 0 Å². The molecular weight excluding hydrogens is 375 g/mol. The Morgan fingerprint density at radius 1 is 1.28 bits per heavy atom. The smallest absolute Gasteiger partial charge is 0.257 e. The largest absolute Gasteiger partial charge is 0.497 e. The second-order valence-corrected chi connectivity index (χ2v) is 7.94. The molecule has 2 amide bonds. The minimum absolute atomic E-state index is 0.00480. The Labute approximate surface area is 169 Å². The zero-order valence-corrected chi connectivity index (χ0v) is 16.7. The fourth-order valence-corrected chi connectivity index (χ4v) is 4.51. The van der Waals surface area contributed by atoms with Crippen LogP contribution in [0.4, 0.5) is 4.39 Å². The SMILES string of the molecule is COc1ccc(F)c(CN2CCC[C@@]3(CCN(C(=O)c4ccoc4C)C3)C2=O)c1. The minimum atomic E-state index is -0.582. The molecule has 154 valence electrons. The molecule has 2 aliphatic rings. The Bertz CT molecular complexity index is 941. The van der Waals surface area contributed by atoms with Gasteiger partial charge in [-0.1, -0.05) is 0 Å². The molecule has 1 spiro atoms. The third kappa shape index (κ3) is 3.50. The van der Waals surface area contributed by atoms with Gasteiger partial charge in [0, 0.05) is 31.7 Å². The highest BCUT2D eigenvalue weighted by Gasteiger charge is 2.49. The third-order valence-electron chi connectivity index (χ3n) is 6.17. The van der Waals surface area contributed by atoms with E-state index in [1.807, 2.05) is 0 Å². The van der Waals surface area contributed by atoms with Crippen LogP contribution in [-0.4, -0.2) is 48.4 Å². The van der Waals surface area contributed by atoms with Crippen molar-refractivity contribution in [1.82, 2.24) is 9.80 Å². The number of halogens is 1. The lowest BCUT2D eigenvalue weighted by Crippen LogP contribution is -2.50. The van der Waals surface area contributed by atoms with Gasteiger partial charge in [-0.15, -0.1) is 0 Å². The van der Waals surface area contributed by atoms with Crippen molar-refractivity contribution in [3.63, 3.8) is 0 Å². The van der Waals surface area contributed by atoms with E-state index in [1.54, 1.807) is 34.9 Å². The number of carbonyl (C=O) groups is 2. The molecule has 29 heavy (non-hydrogen) atoms. The molecule has 1 atom stereocenters. The van der Waals surface area contributed by atoms with Gasteiger partial charge in [-0.05, 0) is 50.5 Å². The van der Waals surface area contributed by atoms with Crippen LogP contribution in [-0.2, 0) is 11.3 Å². The average Bonchev–Trinajstić information content (AvgIpc) is 3.34. The second kappa shape index (κ2) is 7.54. The molecule has 2 saturated heterocycles. The number of aryl methyl sites for hydroxylation is 1. The summed E-state index contributed by atoms with van der Waals surface area (Å²) in [5.74, 6) is 0.702. The molecule has 3 heterocycles. The predicted octanol–water partition coefficient (Wildman–Crippen LogP) is 3.39. The van der Waals surface area contributed by atoms with Crippen LogP contribution >= 0.6 is 0 Å². The van der Waals surface area contributed by atoms with E-state index in [1.165, 1.54) is 19.4 Å². The minimum Gasteiger partial charge on any atom is -0.497 e. The molecule has 2 aliphatic heterocycles. The average molecular weight is 400 g/mol. The van der Waals surface area contributed by atoms with Gasteiger partial charge in [0.05, 0.1) is 24.4 Å². The lowest BCUT2D eigenvalue weighted by molar-refractivity contribution is -0.146. The van der Waals surface area contributed by atoms with Crippen molar-refractivity contribution in [1.29, 1.82) is 0 Å². The number of piperidine rings is 1. The van der Waals surface area contributed by atoms with Crippen molar-refractivity contribution in [2.75, 3.05) is 26.7 Å². The molecule has 0 saturated carbocycles. The molecule has 7 heteroatoms. The third-order valence-corrected chi connectivity index (χ3v) is 6.17. The maximum absolute atomic E-state index is 14.3. The number of rotatable bonds is 4. The number of benzene rings is 1. The summed E-state index contributed by atoms with van der Waals surface area (Å²) in [5.41, 5.74) is 0.399. The van der Waals surface area contributed by atoms with Gasteiger partial charge in [0.15, 0.2) is 0 Å². The molecule has 2 aromatic rings. The fourth-order valence-electron chi connectivity index (χ4n) is 4.51. The zero-order chi connectivity index (χ0) is 20.6. The van der Waals surface area contributed by atoms with Crippen LogP contribution < -0.4 is 4.74 Å². The lowest BCUT2D eigenvalue weighted by Gasteiger charge is -2.39. The standard InChI is InChI=1S/C22H25FN2O4/c1-15-18(6-11-29-15)20(26)25-10-8-22(14-25)7-3-9-24(21(22)27)13-16-12-17(28-2)4-5-19(16)23/h4-6,11-12H,3,7-10,13-14H2,1-2H3/t22-/m0/s1. The fraction of sp³-hybridized carbons (Fsp3) is 0.455. The Morgan fingerprint density at radius 2 is 2.10 bits per heavy atom. The van der Waals surface area contributed by atoms with E-state index < -0.39 is 5.41 Å². The molecule has 0 aliphatic carbocycles. The van der Waals surface area contributed by atoms with Crippen molar-refractivity contribution in [3.8, 4) is 5.75 Å². The summed E-state index contributed by atoms with van der Waals surface area (Å²) >= 11 is 0. The summed E-state index contributed by atoms with van der Waals surface area (Å²) in [6.45, 7) is 3.49. The number of likely N-dealkylation sites (tertiary alicyclic amines) is 2. The molecule has 0 N–H and O–H groups in total. The molecule has 0 unspecified atom stereocenters. The van der Waals surface area contributed by atoms with Crippen LogP contribution in [0.3, 0.4) is 0 Å². The Balaban J connectivity index is 1.50. The first-order valence-electron chi connectivity index (χ1n) is 9.89. The van der Waals surface area contributed by atoms with E-state index in [0.717, 1.165) is 12.8 Å². The maximum atomic E-state index is 14.3. The van der Waals surface area contributed by atoms with Crippen molar-refractivity contribution in [2.45, 2.75) is 32.7 Å². The molecule has 2 fully saturated rings. The predicted molar refractivity (Wildman–Crippen MR) is 104 cm³/mol. The van der Waals surface area contributed by atoms with Crippen LogP contribution in [0.1, 0.15) is 40.9 Å². The number of hydrogen-bond donors (Lipinski definition) is 0. The van der Waals surface area contributed by atoms with Crippen LogP contribution in [0.25, 0.3) is 0 Å². The molecular formula is C22H25FN2O4. The summed E-state index contributed by atoms with van der Waals surface area (Å²) in [6, 6.07) is 6.23. The van der Waals surface area contributed by atoms with Gasteiger partial charge in [-0.3, -0.25) is 9.59 Å². The number of amides is 2. The van der Waals surface area contributed by atoms with E-state index in [4.69, 9.17) is 9.15 Å². The maximum Gasteiger partial charge on any atom is 0.257 e. The topological polar surface area (TPSA) is 63.0 Å². The van der Waals surface area contributed by atoms with E-state index in [9.17, 15) is 14.0 Å². The molecule has 0 bridgehead atoms. The van der Waals surface area contributed by atoms with Gasteiger partial charge in [0.25, 0.3) is 5.91 Å². The molecule has 1 aromatic heterocycles. The lowest BCUT2D eigenvalue weighted by atomic mass is 9.78. The Morgan fingerprint density at radius 3 is 2.83 bits per heavy atom. The molecule has 6 nitrogen and oxygen atoms in total. The highest BCUT2D eigenvalue weighted by atomic mass is 19.1. The molecule has 4 rings (SSSR count). The summed E-state index contributed by atoms with van der Waals surface area (Å²) in [7, 11) is 1.53. The van der Waals surface area contributed by atoms with Gasteiger partial charge < -0.3 is 19.0 Å². The first kappa shape index (κ1) is 19.5. The highest BCUT2D eigenvalue weighted by molar-refractivity contribution is 5.96. The van der Waals surface area contributed by atoms with Gasteiger partial charge in [0.1, 0.15) is 17.3 Å². The van der Waals surface area contributed by atoms with Crippen molar-refractivity contribution in [3.05, 3.63) is 53.2 Å². The first-order chi connectivity index (χ1) is 13.9. The van der Waals surface area contributed by atoms with Crippen molar-refractivity contribution >= 4 is 11.8 Å². The van der Waals surface area contributed by atoms with Gasteiger partial charge in [0.2, 0.25) is 5.91 Å². The first-order valence-corrected chi connectivity index (χ1v) is 9.89. The number of carbonyl (C=O) groups excluding carboxylic acids is 2. The number of furan rings is 1. The van der Waals surface area contributed by atoms with Crippen LogP contribution in [0, 0.1) is 18.2 Å². The molecule has 0 radical (unpaired) electrons. The molecule has 1 aromatic carbocycles. The van der Waals surface area contributed by atoms with Crippen molar-refractivity contribution < 1.29 is 23.1 Å². The van der Waals surface area contributed by atoms with Gasteiger partial charge in [-0.25, -0.2) is 4.39 Å². The normalized spacial score (nSPS) is 21.8. The van der Waals surface area contributed by atoms with Crippen LogP contribution in [0.5, 0.6) is 5.75 Å². The number of methoxy groups -OCH3 is 1. The zero-order valence-electron chi connectivity index (χ0n) is 16.7. The van der Waals surface area contributed by atoms with Gasteiger partial charge >= 0.3 is 0 Å². The Hall–Kier alpha value is -2.83. The quantitative estimate of drug-likeness (QED) is 0.789. The second-order valence-electron chi connectivity index (χ2n) is 7.94. The monoisotopic (exact) mass is 400 g/mol. The van der Waals surface area contributed by atoms with E-state index in [-0.39, 0.29) is 24.2 Å². The van der Waals surface area contributed by atoms with E-state index in [2.05, 4.69) is 0 Å². The summed E-state index contributed by atoms with van der Waals surface area (Å²) in [5, 5.41) is 0.